The number of carbonyl (C=O) groups excluding carboxylic acids is 2. The number of pyridine rings is 1. The molecule has 2 amide bonds. The molecular formula is C12H10N4O5. The van der Waals surface area contributed by atoms with Gasteiger partial charge < -0.3 is 5.11 Å². The molecule has 9 nitrogen and oxygen atoms in total. The molecule has 0 aromatic carbocycles. The molecule has 9 heteroatoms. The van der Waals surface area contributed by atoms with Crippen LogP contribution in [0.15, 0.2) is 23.0 Å². The number of nitrogens with one attached hydrogen (secondary N) is 1. The van der Waals surface area contributed by atoms with E-state index in [2.05, 4.69) is 10.4 Å². The van der Waals surface area contributed by atoms with Gasteiger partial charge in [-0.05, 0) is 18.6 Å². The van der Waals surface area contributed by atoms with Crippen LogP contribution in [0.2, 0.25) is 0 Å². The second kappa shape index (κ2) is 4.54. The molecule has 0 spiro atoms. The number of carbonyl (C=O) groups is 3. The number of carboxylic acids is 1. The molecule has 0 radical (unpaired) electrons. The topological polar surface area (TPSA) is 123 Å². The summed E-state index contributed by atoms with van der Waals surface area (Å²) in [6.07, 6.45) is 0.249. The van der Waals surface area contributed by atoms with E-state index in [1.807, 2.05) is 0 Å². The van der Waals surface area contributed by atoms with Gasteiger partial charge >= 0.3 is 11.7 Å². The molecule has 1 aliphatic rings. The maximum atomic E-state index is 12.3. The van der Waals surface area contributed by atoms with Crippen LogP contribution in [0.4, 0.5) is 0 Å². The maximum absolute atomic E-state index is 12.3. The first-order valence-electron chi connectivity index (χ1n) is 6.16. The van der Waals surface area contributed by atoms with E-state index < -0.39 is 29.5 Å². The molecule has 0 saturated carbocycles. The van der Waals surface area contributed by atoms with Crippen LogP contribution in [0.5, 0.6) is 0 Å². The lowest BCUT2D eigenvalue weighted by atomic mass is 10.1. The van der Waals surface area contributed by atoms with E-state index in [-0.39, 0.29) is 24.2 Å². The molecule has 3 heterocycles. The second-order valence-corrected chi connectivity index (χ2v) is 4.60. The van der Waals surface area contributed by atoms with E-state index in [1.165, 1.54) is 18.2 Å². The molecule has 108 valence electrons. The van der Waals surface area contributed by atoms with Gasteiger partial charge in [-0.2, -0.15) is 4.68 Å². The number of carboxylic acid groups (broad SMARTS) is 1. The summed E-state index contributed by atoms with van der Waals surface area (Å²) in [6, 6.07) is 3.28. The molecule has 2 aromatic heterocycles. The average molecular weight is 290 g/mol. The molecule has 1 saturated heterocycles. The Morgan fingerprint density at radius 3 is 2.76 bits per heavy atom. The van der Waals surface area contributed by atoms with Gasteiger partial charge in [-0.25, -0.2) is 14.0 Å². The Morgan fingerprint density at radius 2 is 2.10 bits per heavy atom. The number of fused-ring (bicyclic) bond motifs is 1. The van der Waals surface area contributed by atoms with Gasteiger partial charge in [0.2, 0.25) is 5.91 Å². The Labute approximate surface area is 116 Å². The van der Waals surface area contributed by atoms with Gasteiger partial charge in [-0.1, -0.05) is 6.07 Å². The Hall–Kier alpha value is -2.97. The molecule has 1 fully saturated rings. The zero-order valence-corrected chi connectivity index (χ0v) is 10.6. The van der Waals surface area contributed by atoms with Crippen LogP contribution in [0.3, 0.4) is 0 Å². The van der Waals surface area contributed by atoms with E-state index in [4.69, 9.17) is 5.11 Å². The highest BCUT2D eigenvalue weighted by Crippen LogP contribution is 2.16. The van der Waals surface area contributed by atoms with Gasteiger partial charge in [0.25, 0.3) is 5.91 Å². The Balaban J connectivity index is 2.17. The number of hydrogen-bond acceptors (Lipinski definition) is 5. The monoisotopic (exact) mass is 290 g/mol. The molecule has 2 N–H and O–H groups in total. The van der Waals surface area contributed by atoms with Crippen LogP contribution in [0, 0.1) is 0 Å². The number of amides is 2. The van der Waals surface area contributed by atoms with Gasteiger partial charge in [0.15, 0.2) is 5.65 Å². The number of imide groups is 1. The summed E-state index contributed by atoms with van der Waals surface area (Å²) in [5.41, 5.74) is -0.835. The lowest BCUT2D eigenvalue weighted by Crippen LogP contribution is -2.44. The van der Waals surface area contributed by atoms with Gasteiger partial charge in [-0.15, -0.1) is 5.10 Å². The number of nitrogens with zero attached hydrogens (tertiary/aromatic N) is 3. The van der Waals surface area contributed by atoms with Crippen molar-refractivity contribution in [2.75, 3.05) is 0 Å². The minimum atomic E-state index is -1.27. The van der Waals surface area contributed by atoms with Crippen LogP contribution in [-0.2, 0) is 9.59 Å². The third-order valence-electron chi connectivity index (χ3n) is 3.29. The quantitative estimate of drug-likeness (QED) is 0.696. The first kappa shape index (κ1) is 13.0. The normalized spacial score (nSPS) is 18.8. The van der Waals surface area contributed by atoms with Gasteiger partial charge in [0, 0.05) is 6.42 Å². The lowest BCUT2D eigenvalue weighted by Gasteiger charge is -2.19. The van der Waals surface area contributed by atoms with E-state index >= 15 is 0 Å². The standard InChI is InChI=1S/C12H10N4O5/c17-9-5-4-6(10(18)13-9)16-12(21)15-7(11(19)20)2-1-3-8(15)14-16/h1-3,6H,4-5H2,(H,19,20)(H,13,17,18). The van der Waals surface area contributed by atoms with Crippen LogP contribution < -0.4 is 11.0 Å². The van der Waals surface area contributed by atoms with Crippen molar-refractivity contribution in [3.8, 4) is 0 Å². The van der Waals surface area contributed by atoms with E-state index in [1.54, 1.807) is 0 Å². The molecule has 1 atom stereocenters. The first-order valence-corrected chi connectivity index (χ1v) is 6.16. The van der Waals surface area contributed by atoms with Crippen LogP contribution in [0.25, 0.3) is 5.65 Å². The third-order valence-corrected chi connectivity index (χ3v) is 3.29. The fourth-order valence-electron chi connectivity index (χ4n) is 2.32. The fourth-order valence-corrected chi connectivity index (χ4v) is 2.32. The number of aromatic nitrogens is 3. The van der Waals surface area contributed by atoms with E-state index in [0.717, 1.165) is 9.08 Å². The second-order valence-electron chi connectivity index (χ2n) is 4.60. The molecule has 0 bridgehead atoms. The van der Waals surface area contributed by atoms with Crippen molar-refractivity contribution >= 4 is 23.4 Å². The van der Waals surface area contributed by atoms with Crippen molar-refractivity contribution in [1.82, 2.24) is 19.5 Å². The molecule has 1 unspecified atom stereocenters. The minimum Gasteiger partial charge on any atom is -0.477 e. The fraction of sp³-hybridized carbons (Fsp3) is 0.250. The van der Waals surface area contributed by atoms with Crippen LogP contribution in [-0.4, -0.2) is 37.1 Å². The summed E-state index contributed by atoms with van der Waals surface area (Å²) in [7, 11) is 0. The Morgan fingerprint density at radius 1 is 1.33 bits per heavy atom. The number of piperidine rings is 1. The minimum absolute atomic E-state index is 0.0997. The summed E-state index contributed by atoms with van der Waals surface area (Å²) >= 11 is 0. The predicted molar refractivity (Wildman–Crippen MR) is 67.8 cm³/mol. The highest BCUT2D eigenvalue weighted by atomic mass is 16.4. The Bertz CT molecular complexity index is 834. The van der Waals surface area contributed by atoms with Gasteiger partial charge in [-0.3, -0.25) is 14.9 Å². The van der Waals surface area contributed by atoms with Crippen LogP contribution >= 0.6 is 0 Å². The molecule has 2 aromatic rings. The number of rotatable bonds is 2. The number of aromatic carboxylic acids is 1. The van der Waals surface area contributed by atoms with Crippen molar-refractivity contribution < 1.29 is 19.5 Å². The highest BCUT2D eigenvalue weighted by molar-refractivity contribution is 5.99. The van der Waals surface area contributed by atoms with E-state index in [9.17, 15) is 19.2 Å². The van der Waals surface area contributed by atoms with Gasteiger partial charge in [0.05, 0.1) is 0 Å². The summed E-state index contributed by atoms with van der Waals surface area (Å²) in [5.74, 6) is -2.29. The first-order chi connectivity index (χ1) is 9.99. The van der Waals surface area contributed by atoms with Crippen LogP contribution in [0.1, 0.15) is 29.4 Å². The Kier molecular flexibility index (Phi) is 2.82. The lowest BCUT2D eigenvalue weighted by molar-refractivity contribution is -0.136. The summed E-state index contributed by atoms with van der Waals surface area (Å²) in [6.45, 7) is 0. The molecule has 21 heavy (non-hydrogen) atoms. The molecule has 3 rings (SSSR count). The zero-order valence-electron chi connectivity index (χ0n) is 10.6. The summed E-state index contributed by atoms with van der Waals surface area (Å²) in [5, 5.41) is 15.2. The summed E-state index contributed by atoms with van der Waals surface area (Å²) in [4.78, 5) is 46.4. The molecule has 1 aliphatic heterocycles. The van der Waals surface area contributed by atoms with Gasteiger partial charge in [0.1, 0.15) is 11.7 Å². The predicted octanol–water partition coefficient (Wildman–Crippen LogP) is -0.828. The smallest absolute Gasteiger partial charge is 0.353 e. The molecule has 0 aliphatic carbocycles. The average Bonchev–Trinajstić information content (AvgIpc) is 2.76. The maximum Gasteiger partial charge on any atom is 0.353 e. The SMILES string of the molecule is O=C1CCC(n2nc3cccc(C(=O)O)n3c2=O)C(=O)N1. The van der Waals surface area contributed by atoms with Crippen molar-refractivity contribution in [3.05, 3.63) is 34.4 Å². The van der Waals surface area contributed by atoms with E-state index in [0.29, 0.717) is 0 Å². The zero-order chi connectivity index (χ0) is 15.1. The summed E-state index contributed by atoms with van der Waals surface area (Å²) < 4.78 is 1.84. The largest absolute Gasteiger partial charge is 0.477 e. The number of hydrogen-bond donors (Lipinski definition) is 2. The molecular weight excluding hydrogens is 280 g/mol. The van der Waals surface area contributed by atoms with Crippen molar-refractivity contribution in [2.45, 2.75) is 18.9 Å². The third kappa shape index (κ3) is 1.98. The van der Waals surface area contributed by atoms with Crippen molar-refractivity contribution in [3.63, 3.8) is 0 Å². The van der Waals surface area contributed by atoms with Crippen molar-refractivity contribution in [1.29, 1.82) is 0 Å². The highest BCUT2D eigenvalue weighted by Gasteiger charge is 2.31. The van der Waals surface area contributed by atoms with Crippen molar-refractivity contribution in [2.24, 2.45) is 0 Å².